The normalized spacial score (nSPS) is 11.9. The van der Waals surface area contributed by atoms with Crippen molar-refractivity contribution in [2.24, 2.45) is 7.05 Å². The number of fused-ring (bicyclic) bond motifs is 1. The van der Waals surface area contributed by atoms with Gasteiger partial charge in [0.1, 0.15) is 11.3 Å². The molecular weight excluding hydrogens is 338 g/mol. The molecule has 0 radical (unpaired) electrons. The van der Waals surface area contributed by atoms with Crippen molar-refractivity contribution >= 4 is 20.9 Å². The summed E-state index contributed by atoms with van der Waals surface area (Å²) in [5.41, 5.74) is 3.75. The Kier molecular flexibility index (Phi) is 3.47. The Morgan fingerprint density at radius 2 is 1.96 bits per heavy atom. The lowest BCUT2D eigenvalue weighted by atomic mass is 10.1. The van der Waals surface area contributed by atoms with Gasteiger partial charge in [0.2, 0.25) is 0 Å². The Morgan fingerprint density at radius 1 is 1.12 bits per heavy atom. The quantitative estimate of drug-likeness (QED) is 0.565. The Hall–Kier alpha value is -2.93. The zero-order valence-electron chi connectivity index (χ0n) is 13.7. The number of hydrogen-bond acceptors (Lipinski definition) is 5. The summed E-state index contributed by atoms with van der Waals surface area (Å²) in [5, 5.41) is 4.15. The van der Waals surface area contributed by atoms with Crippen molar-refractivity contribution in [3.8, 4) is 22.5 Å². The van der Waals surface area contributed by atoms with Gasteiger partial charge in [-0.25, -0.2) is 8.42 Å². The lowest BCUT2D eigenvalue weighted by molar-refractivity contribution is 0.602. The summed E-state index contributed by atoms with van der Waals surface area (Å²) in [6.45, 7) is 0. The summed E-state index contributed by atoms with van der Waals surface area (Å²) in [4.78, 5) is 4.62. The first-order valence-corrected chi connectivity index (χ1v) is 9.49. The van der Waals surface area contributed by atoms with Gasteiger partial charge in [-0.15, -0.1) is 0 Å². The molecule has 4 rings (SSSR count). The van der Waals surface area contributed by atoms with Crippen molar-refractivity contribution in [2.75, 3.05) is 6.26 Å². The van der Waals surface area contributed by atoms with Crippen LogP contribution in [-0.4, -0.2) is 29.4 Å². The number of pyridine rings is 1. The highest BCUT2D eigenvalue weighted by atomic mass is 32.2. The van der Waals surface area contributed by atoms with E-state index in [4.69, 9.17) is 4.42 Å². The van der Waals surface area contributed by atoms with Gasteiger partial charge in [-0.3, -0.25) is 9.67 Å². The van der Waals surface area contributed by atoms with Crippen LogP contribution >= 0.6 is 0 Å². The number of sulfone groups is 1. The first-order chi connectivity index (χ1) is 11.9. The summed E-state index contributed by atoms with van der Waals surface area (Å²) in [5.74, 6) is 0.669. The molecule has 7 heteroatoms. The monoisotopic (exact) mass is 353 g/mol. The highest BCUT2D eigenvalue weighted by Crippen LogP contribution is 2.34. The summed E-state index contributed by atoms with van der Waals surface area (Å²) in [6, 6.07) is 10.5. The van der Waals surface area contributed by atoms with Gasteiger partial charge < -0.3 is 4.42 Å². The molecule has 0 unspecified atom stereocenters. The van der Waals surface area contributed by atoms with E-state index in [9.17, 15) is 8.42 Å². The third kappa shape index (κ3) is 2.83. The Morgan fingerprint density at radius 3 is 2.68 bits per heavy atom. The van der Waals surface area contributed by atoms with Crippen molar-refractivity contribution in [1.82, 2.24) is 14.8 Å². The molecule has 0 aliphatic rings. The van der Waals surface area contributed by atoms with E-state index in [-0.39, 0.29) is 4.90 Å². The maximum absolute atomic E-state index is 11.8. The van der Waals surface area contributed by atoms with Crippen LogP contribution in [-0.2, 0) is 16.9 Å². The second-order valence-corrected chi connectivity index (χ2v) is 7.90. The van der Waals surface area contributed by atoms with Gasteiger partial charge in [0.05, 0.1) is 16.7 Å². The first kappa shape index (κ1) is 15.6. The van der Waals surface area contributed by atoms with E-state index in [1.165, 1.54) is 6.26 Å². The SMILES string of the molecule is Cn1cc(-c2cc3nccc(-c4cccc(S(C)(=O)=O)c4)c3o2)cn1. The summed E-state index contributed by atoms with van der Waals surface area (Å²) < 4.78 is 31.4. The van der Waals surface area contributed by atoms with Gasteiger partial charge in [-0.2, -0.15) is 5.10 Å². The number of rotatable bonds is 3. The van der Waals surface area contributed by atoms with E-state index in [1.807, 2.05) is 31.4 Å². The van der Waals surface area contributed by atoms with Crippen LogP contribution in [0.2, 0.25) is 0 Å². The number of aryl methyl sites for hydroxylation is 1. The molecule has 0 aliphatic carbocycles. The lowest BCUT2D eigenvalue weighted by Crippen LogP contribution is -1.96. The molecule has 6 nitrogen and oxygen atoms in total. The molecule has 4 aromatic rings. The van der Waals surface area contributed by atoms with E-state index in [0.29, 0.717) is 16.9 Å². The number of nitrogens with zero attached hydrogens (tertiary/aromatic N) is 3. The molecular formula is C18H15N3O3S. The van der Waals surface area contributed by atoms with Crippen molar-refractivity contribution < 1.29 is 12.8 Å². The molecule has 126 valence electrons. The molecule has 3 aromatic heterocycles. The molecule has 0 bridgehead atoms. The van der Waals surface area contributed by atoms with E-state index in [2.05, 4.69) is 10.1 Å². The van der Waals surface area contributed by atoms with Crippen LogP contribution in [0.1, 0.15) is 0 Å². The maximum Gasteiger partial charge on any atom is 0.175 e. The molecule has 0 amide bonds. The molecule has 25 heavy (non-hydrogen) atoms. The number of benzene rings is 1. The minimum atomic E-state index is -3.28. The predicted octanol–water partition coefficient (Wildman–Crippen LogP) is 3.30. The van der Waals surface area contributed by atoms with Crippen LogP contribution in [0.5, 0.6) is 0 Å². The van der Waals surface area contributed by atoms with Crippen LogP contribution < -0.4 is 0 Å². The summed E-state index contributed by atoms with van der Waals surface area (Å²) in [6.07, 6.45) is 6.47. The largest absolute Gasteiger partial charge is 0.454 e. The van der Waals surface area contributed by atoms with Crippen molar-refractivity contribution in [1.29, 1.82) is 0 Å². The molecule has 0 spiro atoms. The Labute approximate surface area is 144 Å². The van der Waals surface area contributed by atoms with Crippen LogP contribution in [0.3, 0.4) is 0 Å². The molecule has 0 N–H and O–H groups in total. The third-order valence-electron chi connectivity index (χ3n) is 3.97. The van der Waals surface area contributed by atoms with Gasteiger partial charge >= 0.3 is 0 Å². The minimum absolute atomic E-state index is 0.272. The smallest absolute Gasteiger partial charge is 0.175 e. The topological polar surface area (TPSA) is 78.0 Å². The van der Waals surface area contributed by atoms with Crippen LogP contribution in [0.4, 0.5) is 0 Å². The second-order valence-electron chi connectivity index (χ2n) is 5.89. The second kappa shape index (κ2) is 5.56. The standard InChI is InChI=1S/C18H15N3O3S/c1-21-11-13(10-20-21)17-9-16-18(24-17)15(6-7-19-16)12-4-3-5-14(8-12)25(2,22)23/h3-11H,1-2H3. The number of furan rings is 1. The average molecular weight is 353 g/mol. The molecule has 3 heterocycles. The maximum atomic E-state index is 11.8. The number of aromatic nitrogens is 3. The first-order valence-electron chi connectivity index (χ1n) is 7.60. The predicted molar refractivity (Wildman–Crippen MR) is 94.8 cm³/mol. The van der Waals surface area contributed by atoms with Crippen molar-refractivity contribution in [3.05, 3.63) is 55.0 Å². The average Bonchev–Trinajstić information content (AvgIpc) is 3.19. The molecule has 0 saturated carbocycles. The van der Waals surface area contributed by atoms with Crippen LogP contribution in [0.15, 0.2) is 64.3 Å². The van der Waals surface area contributed by atoms with Gasteiger partial charge in [0.15, 0.2) is 15.4 Å². The summed E-state index contributed by atoms with van der Waals surface area (Å²) >= 11 is 0. The summed E-state index contributed by atoms with van der Waals surface area (Å²) in [7, 11) is -1.44. The van der Waals surface area contributed by atoms with E-state index in [0.717, 1.165) is 16.7 Å². The van der Waals surface area contributed by atoms with Crippen LogP contribution in [0, 0.1) is 0 Å². The number of hydrogen-bond donors (Lipinski definition) is 0. The molecule has 0 atom stereocenters. The zero-order chi connectivity index (χ0) is 17.6. The fourth-order valence-corrected chi connectivity index (χ4v) is 3.42. The lowest BCUT2D eigenvalue weighted by Gasteiger charge is -2.05. The van der Waals surface area contributed by atoms with Gasteiger partial charge in [0, 0.05) is 37.3 Å². The van der Waals surface area contributed by atoms with Gasteiger partial charge in [0.25, 0.3) is 0 Å². The van der Waals surface area contributed by atoms with E-state index >= 15 is 0 Å². The van der Waals surface area contributed by atoms with Gasteiger partial charge in [-0.05, 0) is 23.8 Å². The third-order valence-corrected chi connectivity index (χ3v) is 5.08. The highest BCUT2D eigenvalue weighted by molar-refractivity contribution is 7.90. The Bertz CT molecular complexity index is 1190. The molecule has 1 aromatic carbocycles. The zero-order valence-corrected chi connectivity index (χ0v) is 14.5. The fourth-order valence-electron chi connectivity index (χ4n) is 2.75. The minimum Gasteiger partial charge on any atom is -0.454 e. The molecule has 0 aliphatic heterocycles. The van der Waals surface area contributed by atoms with E-state index in [1.54, 1.807) is 35.3 Å². The fraction of sp³-hybridized carbons (Fsp3) is 0.111. The molecule has 0 fully saturated rings. The Balaban J connectivity index is 1.90. The van der Waals surface area contributed by atoms with Crippen LogP contribution in [0.25, 0.3) is 33.6 Å². The van der Waals surface area contributed by atoms with Gasteiger partial charge in [-0.1, -0.05) is 12.1 Å². The van der Waals surface area contributed by atoms with E-state index < -0.39 is 9.84 Å². The molecule has 0 saturated heterocycles. The van der Waals surface area contributed by atoms with Crippen molar-refractivity contribution in [3.63, 3.8) is 0 Å². The van der Waals surface area contributed by atoms with Crippen molar-refractivity contribution in [2.45, 2.75) is 4.90 Å². The highest BCUT2D eigenvalue weighted by Gasteiger charge is 2.15.